The summed E-state index contributed by atoms with van der Waals surface area (Å²) in [5.41, 5.74) is 7.32. The van der Waals surface area contributed by atoms with E-state index in [0.717, 1.165) is 19.6 Å². The summed E-state index contributed by atoms with van der Waals surface area (Å²) in [4.78, 5) is 2.34. The van der Waals surface area contributed by atoms with Crippen LogP contribution >= 0.6 is 0 Å². The molecule has 2 rings (SSSR count). The lowest BCUT2D eigenvalue weighted by molar-refractivity contribution is 0.210. The van der Waals surface area contributed by atoms with Gasteiger partial charge < -0.3 is 10.6 Å². The first kappa shape index (κ1) is 14.0. The Balaban J connectivity index is 2.08. The van der Waals surface area contributed by atoms with Gasteiger partial charge >= 0.3 is 0 Å². The number of benzene rings is 2. The zero-order chi connectivity index (χ0) is 13.9. The quantitative estimate of drug-likeness (QED) is 0.889. The molecule has 2 heteroatoms. The Morgan fingerprint density at radius 1 is 1.05 bits per heavy atom. The number of nitrogens with zero attached hydrogens (tertiary/aromatic N) is 1. The van der Waals surface area contributed by atoms with Gasteiger partial charge in [-0.05, 0) is 41.4 Å². The highest BCUT2D eigenvalue weighted by atomic mass is 15.1. The maximum Gasteiger partial charge on any atom is 0.0231 e. The number of fused-ring (bicyclic) bond motifs is 1. The lowest BCUT2D eigenvalue weighted by Crippen LogP contribution is -2.36. The molecular formula is C17H24N2. The third-order valence-corrected chi connectivity index (χ3v) is 3.52. The maximum atomic E-state index is 5.80. The highest BCUT2D eigenvalue weighted by Crippen LogP contribution is 2.19. The van der Waals surface area contributed by atoms with Crippen molar-refractivity contribution in [2.45, 2.75) is 20.4 Å². The van der Waals surface area contributed by atoms with Crippen LogP contribution in [-0.4, -0.2) is 25.0 Å². The van der Waals surface area contributed by atoms with Crippen LogP contribution < -0.4 is 5.73 Å². The Morgan fingerprint density at radius 2 is 1.74 bits per heavy atom. The average Bonchev–Trinajstić information content (AvgIpc) is 2.38. The molecule has 0 atom stereocenters. The third-order valence-electron chi connectivity index (χ3n) is 3.52. The summed E-state index contributed by atoms with van der Waals surface area (Å²) in [5, 5.41) is 2.61. The average molecular weight is 256 g/mol. The van der Waals surface area contributed by atoms with Gasteiger partial charge in [0.25, 0.3) is 0 Å². The van der Waals surface area contributed by atoms with Crippen LogP contribution in [0.5, 0.6) is 0 Å². The Labute approximate surface area is 116 Å². The molecule has 0 aliphatic rings. The van der Waals surface area contributed by atoms with Crippen molar-refractivity contribution in [3.63, 3.8) is 0 Å². The maximum absolute atomic E-state index is 5.80. The molecule has 0 spiro atoms. The van der Waals surface area contributed by atoms with E-state index in [1.54, 1.807) is 0 Å². The van der Waals surface area contributed by atoms with Crippen molar-refractivity contribution >= 4 is 10.8 Å². The first-order chi connectivity index (χ1) is 9.00. The van der Waals surface area contributed by atoms with E-state index in [1.165, 1.54) is 16.3 Å². The van der Waals surface area contributed by atoms with Gasteiger partial charge in [0.05, 0.1) is 0 Å². The lowest BCUT2D eigenvalue weighted by Gasteiger charge is -2.29. The van der Waals surface area contributed by atoms with Gasteiger partial charge in [-0.3, -0.25) is 0 Å². The minimum atomic E-state index is 0.172. The summed E-state index contributed by atoms with van der Waals surface area (Å²) in [6, 6.07) is 15.2. The fraction of sp³-hybridized carbons (Fsp3) is 0.412. The molecule has 0 fully saturated rings. The van der Waals surface area contributed by atoms with Crippen LogP contribution in [0.1, 0.15) is 19.4 Å². The smallest absolute Gasteiger partial charge is 0.0231 e. The molecule has 0 aliphatic heterocycles. The van der Waals surface area contributed by atoms with Crippen molar-refractivity contribution < 1.29 is 0 Å². The van der Waals surface area contributed by atoms with Crippen molar-refractivity contribution in [2.75, 3.05) is 20.1 Å². The number of hydrogen-bond acceptors (Lipinski definition) is 2. The predicted molar refractivity (Wildman–Crippen MR) is 83.1 cm³/mol. The first-order valence-corrected chi connectivity index (χ1v) is 6.86. The summed E-state index contributed by atoms with van der Waals surface area (Å²) >= 11 is 0. The zero-order valence-corrected chi connectivity index (χ0v) is 12.2. The molecule has 0 unspecified atom stereocenters. The Kier molecular flexibility index (Phi) is 4.23. The molecule has 2 aromatic carbocycles. The summed E-state index contributed by atoms with van der Waals surface area (Å²) in [7, 11) is 2.16. The van der Waals surface area contributed by atoms with E-state index in [2.05, 4.69) is 68.3 Å². The molecule has 0 saturated carbocycles. The van der Waals surface area contributed by atoms with Gasteiger partial charge in [-0.25, -0.2) is 0 Å². The van der Waals surface area contributed by atoms with Crippen molar-refractivity contribution in [2.24, 2.45) is 11.1 Å². The van der Waals surface area contributed by atoms with Crippen molar-refractivity contribution in [3.05, 3.63) is 48.0 Å². The van der Waals surface area contributed by atoms with Gasteiger partial charge in [0.1, 0.15) is 0 Å². The fourth-order valence-electron chi connectivity index (χ4n) is 2.50. The first-order valence-electron chi connectivity index (χ1n) is 6.86. The highest BCUT2D eigenvalue weighted by molar-refractivity contribution is 5.82. The number of rotatable bonds is 5. The van der Waals surface area contributed by atoms with Crippen LogP contribution in [0.15, 0.2) is 42.5 Å². The third kappa shape index (κ3) is 3.79. The molecular weight excluding hydrogens is 232 g/mol. The molecule has 2 aromatic rings. The van der Waals surface area contributed by atoms with E-state index in [1.807, 2.05) is 0 Å². The second-order valence-corrected chi connectivity index (χ2v) is 6.22. The van der Waals surface area contributed by atoms with E-state index in [-0.39, 0.29) is 5.41 Å². The second-order valence-electron chi connectivity index (χ2n) is 6.22. The topological polar surface area (TPSA) is 29.3 Å². The largest absolute Gasteiger partial charge is 0.330 e. The summed E-state index contributed by atoms with van der Waals surface area (Å²) in [6.45, 7) is 7.12. The Bertz CT molecular complexity index is 546. The molecule has 0 saturated heterocycles. The molecule has 2 nitrogen and oxygen atoms in total. The minimum absolute atomic E-state index is 0.172. The zero-order valence-electron chi connectivity index (χ0n) is 12.2. The normalized spacial score (nSPS) is 12.3. The predicted octanol–water partition coefficient (Wildman–Crippen LogP) is 3.26. The fourth-order valence-corrected chi connectivity index (χ4v) is 2.50. The number of nitrogens with two attached hydrogens (primary N) is 1. The van der Waals surface area contributed by atoms with Crippen LogP contribution in [0.2, 0.25) is 0 Å². The van der Waals surface area contributed by atoms with Gasteiger partial charge in [0, 0.05) is 13.1 Å². The summed E-state index contributed by atoms with van der Waals surface area (Å²) in [6.07, 6.45) is 0. The van der Waals surface area contributed by atoms with Gasteiger partial charge in [-0.1, -0.05) is 50.2 Å². The molecule has 0 aliphatic carbocycles. The van der Waals surface area contributed by atoms with Gasteiger partial charge in [0.2, 0.25) is 0 Å². The van der Waals surface area contributed by atoms with Crippen LogP contribution in [0.3, 0.4) is 0 Å². The minimum Gasteiger partial charge on any atom is -0.330 e. The molecule has 0 radical (unpaired) electrons. The lowest BCUT2D eigenvalue weighted by atomic mass is 9.93. The van der Waals surface area contributed by atoms with E-state index in [9.17, 15) is 0 Å². The van der Waals surface area contributed by atoms with Crippen LogP contribution in [0.25, 0.3) is 10.8 Å². The molecule has 0 amide bonds. The van der Waals surface area contributed by atoms with E-state index in [4.69, 9.17) is 5.73 Å². The Hall–Kier alpha value is -1.38. The van der Waals surface area contributed by atoms with E-state index >= 15 is 0 Å². The molecule has 19 heavy (non-hydrogen) atoms. The molecule has 102 valence electrons. The summed E-state index contributed by atoms with van der Waals surface area (Å²) < 4.78 is 0. The van der Waals surface area contributed by atoms with Gasteiger partial charge in [-0.2, -0.15) is 0 Å². The van der Waals surface area contributed by atoms with Crippen molar-refractivity contribution in [1.29, 1.82) is 0 Å². The van der Waals surface area contributed by atoms with Gasteiger partial charge in [-0.15, -0.1) is 0 Å². The molecule has 2 N–H and O–H groups in total. The monoisotopic (exact) mass is 256 g/mol. The van der Waals surface area contributed by atoms with E-state index in [0.29, 0.717) is 0 Å². The van der Waals surface area contributed by atoms with Crippen molar-refractivity contribution in [1.82, 2.24) is 4.90 Å². The standard InChI is InChI=1S/C17H24N2/c1-17(2,12-18)13-19(3)11-14-8-9-15-6-4-5-7-16(15)10-14/h4-10H,11-13,18H2,1-3H3. The molecule has 0 heterocycles. The summed E-state index contributed by atoms with van der Waals surface area (Å²) in [5.74, 6) is 0. The Morgan fingerprint density at radius 3 is 2.42 bits per heavy atom. The molecule has 0 aromatic heterocycles. The van der Waals surface area contributed by atoms with Crippen molar-refractivity contribution in [3.8, 4) is 0 Å². The number of hydrogen-bond donors (Lipinski definition) is 1. The highest BCUT2D eigenvalue weighted by Gasteiger charge is 2.17. The second kappa shape index (κ2) is 5.72. The van der Waals surface area contributed by atoms with Crippen LogP contribution in [0.4, 0.5) is 0 Å². The van der Waals surface area contributed by atoms with E-state index < -0.39 is 0 Å². The van der Waals surface area contributed by atoms with Gasteiger partial charge in [0.15, 0.2) is 0 Å². The SMILES string of the molecule is CN(Cc1ccc2ccccc2c1)CC(C)(C)CN. The van der Waals surface area contributed by atoms with Crippen LogP contribution in [-0.2, 0) is 6.54 Å². The van der Waals surface area contributed by atoms with Crippen LogP contribution in [0, 0.1) is 5.41 Å². The molecule has 0 bridgehead atoms.